The van der Waals surface area contributed by atoms with Crippen LogP contribution in [0.5, 0.6) is 0 Å². The van der Waals surface area contributed by atoms with Crippen LogP contribution in [0.25, 0.3) is 0 Å². The molecule has 1 aliphatic heterocycles. The highest BCUT2D eigenvalue weighted by Gasteiger charge is 2.19. The van der Waals surface area contributed by atoms with Crippen LogP contribution >= 0.6 is 35.8 Å². The molecule has 1 saturated heterocycles. The monoisotopic (exact) mass is 387 g/mol. The number of aromatic nitrogens is 3. The quantitative estimate of drug-likeness (QED) is 0.787. The third kappa shape index (κ3) is 4.42. The Morgan fingerprint density at radius 2 is 2.17 bits per heavy atom. The highest BCUT2D eigenvalue weighted by Crippen LogP contribution is 2.28. The van der Waals surface area contributed by atoms with Gasteiger partial charge in [-0.25, -0.2) is 4.68 Å². The topological polar surface area (TPSA) is 71.8 Å². The van der Waals surface area contributed by atoms with Crippen LogP contribution < -0.4 is 10.6 Å². The first-order valence-corrected chi connectivity index (χ1v) is 9.05. The molecule has 0 spiro atoms. The summed E-state index contributed by atoms with van der Waals surface area (Å²) in [5.74, 6) is -0.279. The standard InChI is InChI=1S/C15H18ClN5OS.ClH/c1-23-14-3-2-10(8-12(14)16)18-15(22)13-9-21(20-19-13)11-4-6-17-7-5-11;/h2-3,8-9,11,17H,4-7H2,1H3,(H,18,22);1H. The van der Waals surface area contributed by atoms with Crippen LogP contribution in [0.15, 0.2) is 29.3 Å². The van der Waals surface area contributed by atoms with Gasteiger partial charge in [-0.3, -0.25) is 4.79 Å². The number of halogens is 2. The molecule has 1 aliphatic rings. The number of thioether (sulfide) groups is 1. The molecule has 0 radical (unpaired) electrons. The summed E-state index contributed by atoms with van der Waals surface area (Å²) in [7, 11) is 0. The van der Waals surface area contributed by atoms with E-state index in [1.165, 1.54) is 0 Å². The Balaban J connectivity index is 0.00000208. The fourth-order valence-corrected chi connectivity index (χ4v) is 3.44. The van der Waals surface area contributed by atoms with E-state index in [1.807, 2.05) is 18.4 Å². The maximum Gasteiger partial charge on any atom is 0.277 e. The van der Waals surface area contributed by atoms with Crippen molar-refractivity contribution < 1.29 is 4.79 Å². The van der Waals surface area contributed by atoms with Crippen molar-refractivity contribution in [3.05, 3.63) is 35.1 Å². The van der Waals surface area contributed by atoms with E-state index in [1.54, 1.807) is 28.7 Å². The van der Waals surface area contributed by atoms with E-state index in [9.17, 15) is 4.79 Å². The molecule has 3 rings (SSSR count). The minimum Gasteiger partial charge on any atom is -0.320 e. The van der Waals surface area contributed by atoms with Gasteiger partial charge in [0.15, 0.2) is 5.69 Å². The molecular weight excluding hydrogens is 369 g/mol. The SMILES string of the molecule is CSc1ccc(NC(=O)c2cn(C3CCNCC3)nn2)cc1Cl.Cl. The Hall–Kier alpha value is -1.28. The van der Waals surface area contributed by atoms with Gasteiger partial charge in [-0.15, -0.1) is 29.3 Å². The van der Waals surface area contributed by atoms with Crippen molar-refractivity contribution in [2.24, 2.45) is 0 Å². The molecule has 1 aromatic heterocycles. The van der Waals surface area contributed by atoms with Crippen molar-refractivity contribution in [2.45, 2.75) is 23.8 Å². The van der Waals surface area contributed by atoms with Gasteiger partial charge in [0, 0.05) is 10.6 Å². The summed E-state index contributed by atoms with van der Waals surface area (Å²) >= 11 is 7.72. The fraction of sp³-hybridized carbons (Fsp3) is 0.400. The molecular formula is C15H19Cl2N5OS. The van der Waals surface area contributed by atoms with Crippen LogP contribution in [0, 0.1) is 0 Å². The Labute approximate surface area is 156 Å². The van der Waals surface area contributed by atoms with E-state index in [-0.39, 0.29) is 18.3 Å². The summed E-state index contributed by atoms with van der Waals surface area (Å²) in [6.07, 6.45) is 5.66. The molecule has 24 heavy (non-hydrogen) atoms. The summed E-state index contributed by atoms with van der Waals surface area (Å²) in [5.41, 5.74) is 0.961. The first kappa shape index (κ1) is 19.1. The summed E-state index contributed by atoms with van der Waals surface area (Å²) in [4.78, 5) is 13.3. The highest BCUT2D eigenvalue weighted by atomic mass is 35.5. The lowest BCUT2D eigenvalue weighted by molar-refractivity contribution is 0.102. The van der Waals surface area contributed by atoms with E-state index >= 15 is 0 Å². The number of hydrogen-bond donors (Lipinski definition) is 2. The van der Waals surface area contributed by atoms with Gasteiger partial charge in [0.25, 0.3) is 5.91 Å². The molecule has 6 nitrogen and oxygen atoms in total. The van der Waals surface area contributed by atoms with E-state index < -0.39 is 0 Å². The summed E-state index contributed by atoms with van der Waals surface area (Å²) in [6, 6.07) is 5.75. The number of carbonyl (C=O) groups is 1. The molecule has 2 heterocycles. The molecule has 0 aliphatic carbocycles. The van der Waals surface area contributed by atoms with Crippen LogP contribution in [0.2, 0.25) is 5.02 Å². The zero-order valence-electron chi connectivity index (χ0n) is 13.2. The molecule has 1 fully saturated rings. The average Bonchev–Trinajstić information content (AvgIpc) is 3.06. The minimum absolute atomic E-state index is 0. The fourth-order valence-electron chi connectivity index (χ4n) is 2.57. The van der Waals surface area contributed by atoms with Gasteiger partial charge in [0.1, 0.15) is 0 Å². The summed E-state index contributed by atoms with van der Waals surface area (Å²) in [6.45, 7) is 1.93. The first-order chi connectivity index (χ1) is 11.2. The number of benzene rings is 1. The largest absolute Gasteiger partial charge is 0.320 e. The molecule has 2 N–H and O–H groups in total. The summed E-state index contributed by atoms with van der Waals surface area (Å²) < 4.78 is 1.79. The maximum absolute atomic E-state index is 12.3. The van der Waals surface area contributed by atoms with E-state index in [4.69, 9.17) is 11.6 Å². The zero-order chi connectivity index (χ0) is 16.2. The predicted octanol–water partition coefficient (Wildman–Crippen LogP) is 3.25. The van der Waals surface area contributed by atoms with Gasteiger partial charge < -0.3 is 10.6 Å². The number of amides is 1. The van der Waals surface area contributed by atoms with Gasteiger partial charge >= 0.3 is 0 Å². The van der Waals surface area contributed by atoms with Crippen LogP contribution in [-0.4, -0.2) is 40.2 Å². The Morgan fingerprint density at radius 3 is 2.83 bits per heavy atom. The zero-order valence-corrected chi connectivity index (χ0v) is 15.5. The molecule has 0 atom stereocenters. The van der Waals surface area contributed by atoms with E-state index in [0.717, 1.165) is 30.8 Å². The van der Waals surface area contributed by atoms with Crippen LogP contribution in [0.4, 0.5) is 5.69 Å². The smallest absolute Gasteiger partial charge is 0.277 e. The van der Waals surface area contributed by atoms with Gasteiger partial charge in [0.05, 0.1) is 17.3 Å². The van der Waals surface area contributed by atoms with Crippen LogP contribution in [-0.2, 0) is 0 Å². The molecule has 1 amide bonds. The minimum atomic E-state index is -0.279. The Kier molecular flexibility index (Phi) is 6.91. The van der Waals surface area contributed by atoms with Crippen molar-refractivity contribution >= 4 is 47.4 Å². The van der Waals surface area contributed by atoms with Crippen molar-refractivity contribution in [3.63, 3.8) is 0 Å². The molecule has 130 valence electrons. The van der Waals surface area contributed by atoms with Gasteiger partial charge in [0.2, 0.25) is 0 Å². The number of anilines is 1. The molecule has 2 aromatic rings. The van der Waals surface area contributed by atoms with Crippen molar-refractivity contribution in [1.82, 2.24) is 20.3 Å². The number of hydrogen-bond acceptors (Lipinski definition) is 5. The van der Waals surface area contributed by atoms with Gasteiger partial charge in [-0.05, 0) is 50.4 Å². The second-order valence-electron chi connectivity index (χ2n) is 5.37. The Bertz CT molecular complexity index is 703. The van der Waals surface area contributed by atoms with E-state index in [2.05, 4.69) is 20.9 Å². The van der Waals surface area contributed by atoms with Crippen LogP contribution in [0.3, 0.4) is 0 Å². The Morgan fingerprint density at radius 1 is 1.42 bits per heavy atom. The molecule has 0 bridgehead atoms. The van der Waals surface area contributed by atoms with Crippen molar-refractivity contribution in [1.29, 1.82) is 0 Å². The number of nitrogens with one attached hydrogen (secondary N) is 2. The lowest BCUT2D eigenvalue weighted by Crippen LogP contribution is -2.29. The lowest BCUT2D eigenvalue weighted by Gasteiger charge is -2.22. The van der Waals surface area contributed by atoms with E-state index in [0.29, 0.717) is 22.4 Å². The molecule has 0 saturated carbocycles. The number of nitrogens with zero attached hydrogens (tertiary/aromatic N) is 3. The molecule has 9 heteroatoms. The number of rotatable bonds is 4. The third-order valence-electron chi connectivity index (χ3n) is 3.84. The maximum atomic E-state index is 12.3. The lowest BCUT2D eigenvalue weighted by atomic mass is 10.1. The number of carbonyl (C=O) groups excluding carboxylic acids is 1. The first-order valence-electron chi connectivity index (χ1n) is 7.45. The summed E-state index contributed by atoms with van der Waals surface area (Å²) in [5, 5.41) is 14.8. The normalized spacial score (nSPS) is 14.9. The second-order valence-corrected chi connectivity index (χ2v) is 6.62. The molecule has 1 aromatic carbocycles. The second kappa shape index (κ2) is 8.71. The number of piperidine rings is 1. The predicted molar refractivity (Wildman–Crippen MR) is 99.6 cm³/mol. The molecule has 0 unspecified atom stereocenters. The van der Waals surface area contributed by atoms with Crippen LogP contribution in [0.1, 0.15) is 29.4 Å². The van der Waals surface area contributed by atoms with Crippen molar-refractivity contribution in [3.8, 4) is 0 Å². The third-order valence-corrected chi connectivity index (χ3v) is 5.06. The highest BCUT2D eigenvalue weighted by molar-refractivity contribution is 7.98. The van der Waals surface area contributed by atoms with Gasteiger partial charge in [-0.1, -0.05) is 16.8 Å². The average molecular weight is 388 g/mol. The van der Waals surface area contributed by atoms with Crippen molar-refractivity contribution in [2.75, 3.05) is 24.7 Å². The van der Waals surface area contributed by atoms with Gasteiger partial charge in [-0.2, -0.15) is 0 Å².